The second-order valence-corrected chi connectivity index (χ2v) is 6.49. The van der Waals surface area contributed by atoms with Crippen molar-refractivity contribution >= 4 is 33.5 Å². The Bertz CT molecular complexity index is 805. The van der Waals surface area contributed by atoms with Crippen LogP contribution in [-0.4, -0.2) is 29.6 Å². The number of esters is 1. The second-order valence-electron chi connectivity index (χ2n) is 5.58. The quantitative estimate of drug-likeness (QED) is 0.817. The lowest BCUT2D eigenvalue weighted by molar-refractivity contribution is -0.126. The summed E-state index contributed by atoms with van der Waals surface area (Å²) in [5, 5.41) is 9.78. The highest BCUT2D eigenvalue weighted by molar-refractivity contribution is 9.10. The molecule has 2 aromatic carbocycles. The number of anilines is 1. The minimum Gasteiger partial charge on any atom is -0.507 e. The van der Waals surface area contributed by atoms with E-state index in [0.29, 0.717) is 11.0 Å². The molecular formula is C18H16BrNO4. The van der Waals surface area contributed by atoms with E-state index in [-0.39, 0.29) is 17.2 Å². The zero-order valence-corrected chi connectivity index (χ0v) is 14.6. The molecule has 1 aliphatic rings. The number of carbonyl (C=O) groups excluding carboxylic acids is 2. The minimum atomic E-state index is -0.943. The largest absolute Gasteiger partial charge is 0.507 e. The van der Waals surface area contributed by atoms with E-state index in [1.807, 2.05) is 24.3 Å². The molecule has 0 aromatic heterocycles. The van der Waals surface area contributed by atoms with Crippen LogP contribution in [-0.2, 0) is 16.0 Å². The van der Waals surface area contributed by atoms with Gasteiger partial charge in [0.1, 0.15) is 11.3 Å². The maximum absolute atomic E-state index is 12.6. The molecule has 1 N–H and O–H groups in total. The van der Waals surface area contributed by atoms with Gasteiger partial charge in [0.15, 0.2) is 6.10 Å². The number of carbonyl (C=O) groups is 2. The fraction of sp³-hybridized carbons (Fsp3) is 0.222. The van der Waals surface area contributed by atoms with Crippen LogP contribution < -0.4 is 4.90 Å². The van der Waals surface area contributed by atoms with E-state index in [1.165, 1.54) is 19.1 Å². The second kappa shape index (κ2) is 6.65. The minimum absolute atomic E-state index is 0.0193. The molecule has 1 unspecified atom stereocenters. The standard InChI is InChI=1S/C18H16BrNO4/c1-11(24-18(23)14-10-13(19)6-7-16(14)21)17(22)20-9-8-12-4-2-3-5-15(12)20/h2-7,10-11,21H,8-9H2,1H3. The molecule has 1 amide bonds. The summed E-state index contributed by atoms with van der Waals surface area (Å²) < 4.78 is 5.89. The summed E-state index contributed by atoms with van der Waals surface area (Å²) in [5.41, 5.74) is 1.98. The smallest absolute Gasteiger partial charge is 0.342 e. The lowest BCUT2D eigenvalue weighted by atomic mass is 10.2. The number of ether oxygens (including phenoxy) is 1. The summed E-state index contributed by atoms with van der Waals surface area (Å²) in [6.45, 7) is 2.11. The lowest BCUT2D eigenvalue weighted by Crippen LogP contribution is -2.39. The van der Waals surface area contributed by atoms with Crippen molar-refractivity contribution < 1.29 is 19.4 Å². The third kappa shape index (κ3) is 3.14. The van der Waals surface area contributed by atoms with E-state index >= 15 is 0 Å². The Morgan fingerprint density at radius 2 is 2.00 bits per heavy atom. The SMILES string of the molecule is CC(OC(=O)c1cc(Br)ccc1O)C(=O)N1CCc2ccccc21. The third-order valence-corrected chi connectivity index (χ3v) is 4.46. The highest BCUT2D eigenvalue weighted by atomic mass is 79.9. The Kier molecular flexibility index (Phi) is 4.57. The third-order valence-electron chi connectivity index (χ3n) is 3.96. The molecule has 24 heavy (non-hydrogen) atoms. The molecule has 6 heteroatoms. The van der Waals surface area contributed by atoms with Crippen LogP contribution in [0.2, 0.25) is 0 Å². The molecule has 0 bridgehead atoms. The van der Waals surface area contributed by atoms with Gasteiger partial charge in [0.05, 0.1) is 0 Å². The topological polar surface area (TPSA) is 66.8 Å². The summed E-state index contributed by atoms with van der Waals surface area (Å²) in [5.74, 6) is -1.20. The van der Waals surface area contributed by atoms with Crippen molar-refractivity contribution in [1.82, 2.24) is 0 Å². The van der Waals surface area contributed by atoms with Gasteiger partial charge >= 0.3 is 5.97 Å². The number of nitrogens with zero attached hydrogens (tertiary/aromatic N) is 1. The van der Waals surface area contributed by atoms with E-state index in [2.05, 4.69) is 15.9 Å². The summed E-state index contributed by atoms with van der Waals surface area (Å²) in [7, 11) is 0. The number of amides is 1. The highest BCUT2D eigenvalue weighted by Gasteiger charge is 2.30. The molecular weight excluding hydrogens is 374 g/mol. The molecule has 1 atom stereocenters. The van der Waals surface area contributed by atoms with Gasteiger partial charge in [-0.15, -0.1) is 0 Å². The molecule has 0 fully saturated rings. The Labute approximate surface area is 148 Å². The number of hydrogen-bond acceptors (Lipinski definition) is 4. The van der Waals surface area contributed by atoms with Crippen molar-refractivity contribution in [3.8, 4) is 5.75 Å². The molecule has 0 radical (unpaired) electrons. The van der Waals surface area contributed by atoms with Gasteiger partial charge in [-0.25, -0.2) is 4.79 Å². The number of phenols is 1. The van der Waals surface area contributed by atoms with Gasteiger partial charge in [0.25, 0.3) is 5.91 Å². The highest BCUT2D eigenvalue weighted by Crippen LogP contribution is 2.29. The number of benzene rings is 2. The van der Waals surface area contributed by atoms with Gasteiger partial charge in [-0.05, 0) is 43.2 Å². The number of fused-ring (bicyclic) bond motifs is 1. The van der Waals surface area contributed by atoms with Crippen LogP contribution in [0.15, 0.2) is 46.9 Å². The number of para-hydroxylation sites is 1. The maximum Gasteiger partial charge on any atom is 0.342 e. The van der Waals surface area contributed by atoms with E-state index in [9.17, 15) is 14.7 Å². The molecule has 0 spiro atoms. The first-order valence-corrected chi connectivity index (χ1v) is 8.35. The van der Waals surface area contributed by atoms with E-state index in [0.717, 1.165) is 17.7 Å². The van der Waals surface area contributed by atoms with Gasteiger partial charge in [-0.3, -0.25) is 4.79 Å². The zero-order valence-electron chi connectivity index (χ0n) is 13.0. The van der Waals surface area contributed by atoms with Crippen molar-refractivity contribution in [3.63, 3.8) is 0 Å². The Morgan fingerprint density at radius 3 is 2.79 bits per heavy atom. The van der Waals surface area contributed by atoms with Gasteiger partial charge in [0, 0.05) is 16.7 Å². The molecule has 124 valence electrons. The van der Waals surface area contributed by atoms with Crippen LogP contribution in [0, 0.1) is 0 Å². The predicted octanol–water partition coefficient (Wildman–Crippen LogP) is 3.29. The number of hydrogen-bond donors (Lipinski definition) is 1. The van der Waals surface area contributed by atoms with Crippen LogP contribution in [0.3, 0.4) is 0 Å². The van der Waals surface area contributed by atoms with E-state index < -0.39 is 12.1 Å². The Balaban J connectivity index is 1.73. The fourth-order valence-corrected chi connectivity index (χ4v) is 3.09. The van der Waals surface area contributed by atoms with Gasteiger partial charge in [-0.2, -0.15) is 0 Å². The summed E-state index contributed by atoms with van der Waals surface area (Å²) >= 11 is 3.24. The Hall–Kier alpha value is -2.34. The first-order chi connectivity index (χ1) is 11.5. The van der Waals surface area contributed by atoms with Crippen molar-refractivity contribution in [2.24, 2.45) is 0 Å². The molecule has 5 nitrogen and oxygen atoms in total. The summed E-state index contributed by atoms with van der Waals surface area (Å²) in [6.07, 6.45) is -0.156. The van der Waals surface area contributed by atoms with Crippen LogP contribution in [0.5, 0.6) is 5.75 Å². The zero-order chi connectivity index (χ0) is 17.3. The van der Waals surface area contributed by atoms with Crippen molar-refractivity contribution in [3.05, 3.63) is 58.1 Å². The van der Waals surface area contributed by atoms with E-state index in [1.54, 1.807) is 11.0 Å². The lowest BCUT2D eigenvalue weighted by Gasteiger charge is -2.21. The molecule has 2 aromatic rings. The van der Waals surface area contributed by atoms with Gasteiger partial charge in [0.2, 0.25) is 0 Å². The van der Waals surface area contributed by atoms with Crippen LogP contribution in [0.1, 0.15) is 22.8 Å². The van der Waals surface area contributed by atoms with Crippen LogP contribution in [0.25, 0.3) is 0 Å². The van der Waals surface area contributed by atoms with Crippen LogP contribution in [0.4, 0.5) is 5.69 Å². The van der Waals surface area contributed by atoms with Crippen molar-refractivity contribution in [2.75, 3.05) is 11.4 Å². The molecule has 0 aliphatic carbocycles. The number of phenolic OH excluding ortho intramolecular Hbond substituents is 1. The molecule has 1 heterocycles. The van der Waals surface area contributed by atoms with Gasteiger partial charge in [-0.1, -0.05) is 34.1 Å². The molecule has 3 rings (SSSR count). The van der Waals surface area contributed by atoms with Crippen molar-refractivity contribution in [1.29, 1.82) is 0 Å². The van der Waals surface area contributed by atoms with Gasteiger partial charge < -0.3 is 14.7 Å². The number of halogens is 1. The average molecular weight is 390 g/mol. The van der Waals surface area contributed by atoms with Crippen molar-refractivity contribution in [2.45, 2.75) is 19.4 Å². The molecule has 1 aliphatic heterocycles. The summed E-state index contributed by atoms with van der Waals surface area (Å²) in [4.78, 5) is 26.5. The Morgan fingerprint density at radius 1 is 1.25 bits per heavy atom. The molecule has 0 saturated carbocycles. The number of rotatable bonds is 3. The normalized spacial score (nSPS) is 14.2. The maximum atomic E-state index is 12.6. The average Bonchev–Trinajstić information content (AvgIpc) is 3.00. The molecule has 0 saturated heterocycles. The summed E-state index contributed by atoms with van der Waals surface area (Å²) in [6, 6.07) is 12.1. The number of aromatic hydroxyl groups is 1. The monoisotopic (exact) mass is 389 g/mol. The fourth-order valence-electron chi connectivity index (χ4n) is 2.73. The first-order valence-electron chi connectivity index (χ1n) is 7.56. The van der Waals surface area contributed by atoms with Crippen LogP contribution >= 0.6 is 15.9 Å². The predicted molar refractivity (Wildman–Crippen MR) is 93.2 cm³/mol. The first kappa shape index (κ1) is 16.5. The van der Waals surface area contributed by atoms with E-state index in [4.69, 9.17) is 4.74 Å².